The van der Waals surface area contributed by atoms with Crippen molar-refractivity contribution < 1.29 is 4.79 Å². The van der Waals surface area contributed by atoms with Crippen molar-refractivity contribution in [1.82, 2.24) is 0 Å². The topological polar surface area (TPSA) is 46.3 Å². The molecular formula is C16H18N2O. The highest BCUT2D eigenvalue weighted by Crippen LogP contribution is 2.18. The second-order valence-corrected chi connectivity index (χ2v) is 4.62. The van der Waals surface area contributed by atoms with Crippen LogP contribution in [0.15, 0.2) is 54.6 Å². The van der Waals surface area contributed by atoms with Crippen molar-refractivity contribution in [3.8, 4) is 0 Å². The fraction of sp³-hybridized carbons (Fsp3) is 0.188. The van der Waals surface area contributed by atoms with E-state index in [2.05, 4.69) is 0 Å². The van der Waals surface area contributed by atoms with Crippen molar-refractivity contribution in [2.24, 2.45) is 5.73 Å². The predicted octanol–water partition coefficient (Wildman–Crippen LogP) is 2.66. The average Bonchev–Trinajstić information content (AvgIpc) is 2.46. The van der Waals surface area contributed by atoms with E-state index in [-0.39, 0.29) is 5.91 Å². The lowest BCUT2D eigenvalue weighted by Crippen LogP contribution is -2.35. The maximum atomic E-state index is 12.3. The van der Waals surface area contributed by atoms with Gasteiger partial charge in [-0.3, -0.25) is 4.79 Å². The van der Waals surface area contributed by atoms with E-state index in [1.165, 1.54) is 0 Å². The summed E-state index contributed by atoms with van der Waals surface area (Å²) in [5.74, 6) is -0.116. The highest BCUT2D eigenvalue weighted by Gasteiger charge is 2.20. The fourth-order valence-electron chi connectivity index (χ4n) is 1.91. The zero-order chi connectivity index (χ0) is 13.8. The molecule has 3 nitrogen and oxygen atoms in total. The normalized spacial score (nSPS) is 11.9. The number of likely N-dealkylation sites (N-methyl/N-ethyl adjacent to an activating group) is 1. The van der Waals surface area contributed by atoms with Crippen molar-refractivity contribution in [2.75, 3.05) is 11.9 Å². The number of carbonyl (C=O) groups is 1. The Morgan fingerprint density at radius 1 is 1.05 bits per heavy atom. The van der Waals surface area contributed by atoms with Crippen LogP contribution in [0, 0.1) is 6.92 Å². The molecule has 0 aliphatic heterocycles. The maximum absolute atomic E-state index is 12.3. The smallest absolute Gasteiger partial charge is 0.248 e. The monoisotopic (exact) mass is 254 g/mol. The minimum absolute atomic E-state index is 0.116. The summed E-state index contributed by atoms with van der Waals surface area (Å²) >= 11 is 0. The van der Waals surface area contributed by atoms with E-state index in [1.54, 1.807) is 11.9 Å². The number of hydrogen-bond donors (Lipinski definition) is 1. The maximum Gasteiger partial charge on any atom is 0.248 e. The van der Waals surface area contributed by atoms with Gasteiger partial charge in [0.05, 0.1) is 0 Å². The number of hydrogen-bond acceptors (Lipinski definition) is 2. The second kappa shape index (κ2) is 5.67. The summed E-state index contributed by atoms with van der Waals surface area (Å²) in [6, 6.07) is 16.6. The van der Waals surface area contributed by atoms with E-state index in [1.807, 2.05) is 61.5 Å². The Labute approximate surface area is 113 Å². The summed E-state index contributed by atoms with van der Waals surface area (Å²) in [7, 11) is 1.75. The van der Waals surface area contributed by atoms with Gasteiger partial charge in [-0.25, -0.2) is 0 Å². The van der Waals surface area contributed by atoms with Crippen LogP contribution in [0.3, 0.4) is 0 Å². The van der Waals surface area contributed by atoms with E-state index in [4.69, 9.17) is 5.73 Å². The summed E-state index contributed by atoms with van der Waals surface area (Å²) in [5.41, 5.74) is 8.85. The minimum Gasteiger partial charge on any atom is -0.316 e. The molecule has 0 heterocycles. The molecule has 3 heteroatoms. The summed E-state index contributed by atoms with van der Waals surface area (Å²) in [4.78, 5) is 13.9. The molecular weight excluding hydrogens is 236 g/mol. The van der Waals surface area contributed by atoms with E-state index >= 15 is 0 Å². The molecule has 1 amide bonds. The standard InChI is InChI=1S/C16H18N2O/c1-12-8-10-14(11-9-12)18(2)16(19)15(17)13-6-4-3-5-7-13/h3-11,15H,17H2,1-2H3/t15-/m1/s1. The van der Waals surface area contributed by atoms with Crippen molar-refractivity contribution in [2.45, 2.75) is 13.0 Å². The van der Waals surface area contributed by atoms with Crippen LogP contribution in [-0.2, 0) is 4.79 Å². The number of aryl methyl sites for hydroxylation is 1. The van der Waals surface area contributed by atoms with Crippen molar-refractivity contribution in [3.05, 3.63) is 65.7 Å². The van der Waals surface area contributed by atoms with Crippen LogP contribution in [0.5, 0.6) is 0 Å². The van der Waals surface area contributed by atoms with E-state index < -0.39 is 6.04 Å². The Hall–Kier alpha value is -2.13. The van der Waals surface area contributed by atoms with Gasteiger partial charge in [0.2, 0.25) is 5.91 Å². The Bertz CT molecular complexity index is 549. The van der Waals surface area contributed by atoms with Gasteiger partial charge in [0, 0.05) is 12.7 Å². The average molecular weight is 254 g/mol. The Kier molecular flexibility index (Phi) is 3.97. The van der Waals surface area contributed by atoms with Crippen LogP contribution in [0.25, 0.3) is 0 Å². The molecule has 0 aliphatic rings. The van der Waals surface area contributed by atoms with Crippen LogP contribution < -0.4 is 10.6 Å². The molecule has 0 unspecified atom stereocenters. The number of rotatable bonds is 3. The molecule has 98 valence electrons. The first-order valence-electron chi connectivity index (χ1n) is 6.24. The molecule has 0 saturated carbocycles. The number of anilines is 1. The molecule has 0 aromatic heterocycles. The van der Waals surface area contributed by atoms with Crippen LogP contribution in [0.2, 0.25) is 0 Å². The predicted molar refractivity (Wildman–Crippen MR) is 78.0 cm³/mol. The van der Waals surface area contributed by atoms with Crippen molar-refractivity contribution >= 4 is 11.6 Å². The van der Waals surface area contributed by atoms with Gasteiger partial charge in [0.15, 0.2) is 0 Å². The summed E-state index contributed by atoms with van der Waals surface area (Å²) in [6.07, 6.45) is 0. The van der Waals surface area contributed by atoms with Crippen molar-refractivity contribution in [3.63, 3.8) is 0 Å². The van der Waals surface area contributed by atoms with Gasteiger partial charge < -0.3 is 10.6 Å². The van der Waals surface area contributed by atoms with Crippen LogP contribution >= 0.6 is 0 Å². The first kappa shape index (κ1) is 13.3. The Morgan fingerprint density at radius 3 is 2.21 bits per heavy atom. The molecule has 2 rings (SSSR count). The number of amides is 1. The van der Waals surface area contributed by atoms with Gasteiger partial charge in [-0.05, 0) is 24.6 Å². The Balaban J connectivity index is 2.17. The summed E-state index contributed by atoms with van der Waals surface area (Å²) in [6.45, 7) is 2.02. The molecule has 0 aliphatic carbocycles. The molecule has 19 heavy (non-hydrogen) atoms. The number of nitrogens with zero attached hydrogens (tertiary/aromatic N) is 1. The minimum atomic E-state index is -0.632. The lowest BCUT2D eigenvalue weighted by atomic mass is 10.1. The van der Waals surface area contributed by atoms with E-state index in [9.17, 15) is 4.79 Å². The van der Waals surface area contributed by atoms with E-state index in [0.29, 0.717) is 0 Å². The largest absolute Gasteiger partial charge is 0.316 e. The molecule has 2 aromatic carbocycles. The third kappa shape index (κ3) is 3.01. The number of benzene rings is 2. The first-order chi connectivity index (χ1) is 9.09. The lowest BCUT2D eigenvalue weighted by Gasteiger charge is -2.21. The lowest BCUT2D eigenvalue weighted by molar-refractivity contribution is -0.119. The second-order valence-electron chi connectivity index (χ2n) is 4.62. The van der Waals surface area contributed by atoms with Crippen LogP contribution in [0.4, 0.5) is 5.69 Å². The van der Waals surface area contributed by atoms with Gasteiger partial charge in [-0.2, -0.15) is 0 Å². The van der Waals surface area contributed by atoms with E-state index in [0.717, 1.165) is 16.8 Å². The highest BCUT2D eigenvalue weighted by atomic mass is 16.2. The molecule has 0 radical (unpaired) electrons. The molecule has 1 atom stereocenters. The zero-order valence-corrected chi connectivity index (χ0v) is 11.2. The Morgan fingerprint density at radius 2 is 1.63 bits per heavy atom. The highest BCUT2D eigenvalue weighted by molar-refractivity contribution is 5.97. The van der Waals surface area contributed by atoms with Gasteiger partial charge in [0.1, 0.15) is 6.04 Å². The van der Waals surface area contributed by atoms with Gasteiger partial charge >= 0.3 is 0 Å². The molecule has 0 saturated heterocycles. The molecule has 0 spiro atoms. The molecule has 2 N–H and O–H groups in total. The molecule has 2 aromatic rings. The van der Waals surface area contributed by atoms with Crippen LogP contribution in [-0.4, -0.2) is 13.0 Å². The summed E-state index contributed by atoms with van der Waals surface area (Å²) < 4.78 is 0. The SMILES string of the molecule is Cc1ccc(N(C)C(=O)[C@H](N)c2ccccc2)cc1. The van der Waals surface area contributed by atoms with Gasteiger partial charge in [-0.15, -0.1) is 0 Å². The van der Waals surface area contributed by atoms with Gasteiger partial charge in [-0.1, -0.05) is 48.0 Å². The molecule has 0 fully saturated rings. The van der Waals surface area contributed by atoms with Crippen LogP contribution in [0.1, 0.15) is 17.2 Å². The summed E-state index contributed by atoms with van der Waals surface area (Å²) in [5, 5.41) is 0. The zero-order valence-electron chi connectivity index (χ0n) is 11.2. The fourth-order valence-corrected chi connectivity index (χ4v) is 1.91. The van der Waals surface area contributed by atoms with Gasteiger partial charge in [0.25, 0.3) is 0 Å². The number of carbonyl (C=O) groups excluding carboxylic acids is 1. The van der Waals surface area contributed by atoms with Crippen molar-refractivity contribution in [1.29, 1.82) is 0 Å². The third-order valence-electron chi connectivity index (χ3n) is 3.18. The number of nitrogens with two attached hydrogens (primary N) is 1. The first-order valence-corrected chi connectivity index (χ1v) is 6.24. The quantitative estimate of drug-likeness (QED) is 0.915. The third-order valence-corrected chi connectivity index (χ3v) is 3.18. The molecule has 0 bridgehead atoms.